The van der Waals surface area contributed by atoms with Crippen molar-refractivity contribution in [3.05, 3.63) is 37.2 Å². The second kappa shape index (κ2) is 5.59. The van der Waals surface area contributed by atoms with E-state index >= 15 is 0 Å². The molecular formula is C7H12F2N3OP3. The lowest BCUT2D eigenvalue weighted by Crippen LogP contribution is -2.18. The summed E-state index contributed by atoms with van der Waals surface area (Å²) < 4.78 is 32.4. The van der Waals surface area contributed by atoms with Crippen LogP contribution in [0.2, 0.25) is 0 Å². The normalized spacial score (nSPS) is 30.4. The van der Waals surface area contributed by atoms with Crippen LogP contribution in [0.4, 0.5) is 8.68 Å². The molecule has 0 spiro atoms. The zero-order chi connectivity index (χ0) is 12.3. The van der Waals surface area contributed by atoms with Crippen LogP contribution in [-0.4, -0.2) is 16.4 Å². The third kappa shape index (κ3) is 2.19. The Bertz CT molecular complexity index is 353. The Labute approximate surface area is 96.1 Å². The highest BCUT2D eigenvalue weighted by atomic mass is 31.3. The molecule has 4 nitrogen and oxygen atoms in total. The first kappa shape index (κ1) is 14.1. The van der Waals surface area contributed by atoms with E-state index in [0.717, 1.165) is 4.60 Å². The fraction of sp³-hybridized carbons (Fsp3) is 0.143. The van der Waals surface area contributed by atoms with Crippen molar-refractivity contribution in [1.82, 2.24) is 9.27 Å². The molecule has 16 heavy (non-hydrogen) atoms. The third-order valence-electron chi connectivity index (χ3n) is 1.82. The van der Waals surface area contributed by atoms with Crippen molar-refractivity contribution in [2.24, 2.45) is 4.52 Å². The molecule has 0 aromatic heterocycles. The Morgan fingerprint density at radius 1 is 1.38 bits per heavy atom. The molecule has 2 unspecified atom stereocenters. The van der Waals surface area contributed by atoms with Crippen LogP contribution >= 0.6 is 24.0 Å². The SMILES string of the molecule is C=CP1N=P(C=C)(C=C)N(OC)P(F)N1F. The van der Waals surface area contributed by atoms with Crippen LogP contribution in [0.1, 0.15) is 0 Å². The van der Waals surface area contributed by atoms with Crippen LogP contribution in [0.25, 0.3) is 0 Å². The Hall–Kier alpha value is 0.0500. The fourth-order valence-electron chi connectivity index (χ4n) is 1.06. The van der Waals surface area contributed by atoms with Crippen LogP contribution in [0, 0.1) is 0 Å². The smallest absolute Gasteiger partial charge is 0.289 e. The maximum Gasteiger partial charge on any atom is 0.301 e. The monoisotopic (exact) mass is 285 g/mol. The van der Waals surface area contributed by atoms with E-state index in [9.17, 15) is 8.68 Å². The molecule has 0 fully saturated rings. The van der Waals surface area contributed by atoms with Gasteiger partial charge >= 0.3 is 8.53 Å². The lowest BCUT2D eigenvalue weighted by Gasteiger charge is -2.38. The Morgan fingerprint density at radius 2 is 1.94 bits per heavy atom. The molecule has 1 heterocycles. The van der Waals surface area contributed by atoms with E-state index in [4.69, 9.17) is 4.84 Å². The molecule has 0 aliphatic carbocycles. The van der Waals surface area contributed by atoms with Gasteiger partial charge in [0.05, 0.1) is 7.11 Å². The van der Waals surface area contributed by atoms with Crippen molar-refractivity contribution in [1.29, 1.82) is 0 Å². The van der Waals surface area contributed by atoms with Gasteiger partial charge in [0.2, 0.25) is 0 Å². The molecule has 1 rings (SSSR count). The average Bonchev–Trinajstić information content (AvgIpc) is 2.32. The molecule has 0 saturated carbocycles. The molecule has 0 aromatic rings. The van der Waals surface area contributed by atoms with Crippen molar-refractivity contribution in [2.75, 3.05) is 7.11 Å². The summed E-state index contributed by atoms with van der Waals surface area (Å²) in [6.07, 6.45) is 0. The molecule has 2 atom stereocenters. The molecule has 0 N–H and O–H groups in total. The van der Waals surface area contributed by atoms with E-state index in [1.165, 1.54) is 24.6 Å². The van der Waals surface area contributed by atoms with Crippen LogP contribution in [-0.2, 0) is 4.84 Å². The minimum atomic E-state index is -2.71. The van der Waals surface area contributed by atoms with E-state index in [1.807, 2.05) is 0 Å². The van der Waals surface area contributed by atoms with Gasteiger partial charge in [-0.1, -0.05) is 24.3 Å². The molecule has 90 valence electrons. The summed E-state index contributed by atoms with van der Waals surface area (Å²) in [5, 5.41) is 0. The van der Waals surface area contributed by atoms with Crippen LogP contribution < -0.4 is 0 Å². The van der Waals surface area contributed by atoms with Gasteiger partial charge in [-0.25, -0.2) is 4.52 Å². The lowest BCUT2D eigenvalue weighted by atomic mass is 11.2. The predicted octanol–water partition coefficient (Wildman–Crippen LogP) is 5.10. The largest absolute Gasteiger partial charge is 0.301 e. The van der Waals surface area contributed by atoms with Gasteiger partial charge in [-0.15, -0.1) is 4.48 Å². The highest BCUT2D eigenvalue weighted by molar-refractivity contribution is 7.86. The second-order valence-electron chi connectivity index (χ2n) is 2.57. The first-order valence-electron chi connectivity index (χ1n) is 4.13. The van der Waals surface area contributed by atoms with Crippen molar-refractivity contribution >= 4 is 24.0 Å². The number of halogens is 2. The Balaban J connectivity index is 3.34. The second-order valence-corrected chi connectivity index (χ2v) is 8.97. The highest BCUT2D eigenvalue weighted by Crippen LogP contribution is 2.79. The summed E-state index contributed by atoms with van der Waals surface area (Å²) in [7, 11) is -5.69. The van der Waals surface area contributed by atoms with Gasteiger partial charge in [-0.05, 0) is 22.1 Å². The molecular weight excluding hydrogens is 273 g/mol. The maximum absolute atomic E-state index is 13.8. The molecule has 0 saturated heterocycles. The van der Waals surface area contributed by atoms with Crippen LogP contribution in [0.3, 0.4) is 0 Å². The number of nitrogens with zero attached hydrogens (tertiary/aromatic N) is 3. The minimum absolute atomic E-state index is 0.0480. The first-order valence-corrected chi connectivity index (χ1v) is 8.42. The molecule has 1 aliphatic rings. The topological polar surface area (TPSA) is 28.1 Å². The predicted molar refractivity (Wildman–Crippen MR) is 66.7 cm³/mol. The van der Waals surface area contributed by atoms with E-state index < -0.39 is 24.0 Å². The van der Waals surface area contributed by atoms with Gasteiger partial charge in [0, 0.05) is 0 Å². The molecule has 9 heteroatoms. The standard InChI is InChI=1S/C7H12F2N3OP3/c1-5-14-10-16(6-2,7-3)12(13-4)15(9)11(14)8/h5-7H,1-3H2,4H3. The van der Waals surface area contributed by atoms with Crippen molar-refractivity contribution < 1.29 is 13.5 Å². The van der Waals surface area contributed by atoms with Gasteiger partial charge < -0.3 is 0 Å². The fourth-order valence-corrected chi connectivity index (χ4v) is 8.20. The Morgan fingerprint density at radius 3 is 2.31 bits per heavy atom. The molecule has 0 amide bonds. The number of hydrogen-bond donors (Lipinski definition) is 0. The summed E-state index contributed by atoms with van der Waals surface area (Å²) in [4.78, 5) is 4.86. The van der Waals surface area contributed by atoms with Crippen LogP contribution in [0.15, 0.2) is 41.7 Å². The molecule has 0 radical (unpaired) electrons. The summed E-state index contributed by atoms with van der Waals surface area (Å²) in [6.45, 7) is 10.6. The van der Waals surface area contributed by atoms with Gasteiger partial charge in [0.1, 0.15) is 7.21 Å². The van der Waals surface area contributed by atoms with Crippen LogP contribution in [0.5, 0.6) is 0 Å². The van der Waals surface area contributed by atoms with E-state index in [1.54, 1.807) is 0 Å². The van der Waals surface area contributed by atoms with Gasteiger partial charge in [0.15, 0.2) is 8.22 Å². The van der Waals surface area contributed by atoms with E-state index in [-0.39, 0.29) is 4.66 Å². The number of rotatable bonds is 4. The molecule has 0 bridgehead atoms. The first-order chi connectivity index (χ1) is 7.56. The number of hydrogen-bond acceptors (Lipinski definition) is 4. The third-order valence-corrected chi connectivity index (χ3v) is 9.16. The average molecular weight is 285 g/mol. The zero-order valence-corrected chi connectivity index (χ0v) is 11.4. The Kier molecular flexibility index (Phi) is 4.93. The van der Waals surface area contributed by atoms with Crippen molar-refractivity contribution in [3.8, 4) is 0 Å². The molecule has 0 aromatic carbocycles. The summed E-state index contributed by atoms with van der Waals surface area (Å²) in [5.74, 6) is 4.22. The zero-order valence-electron chi connectivity index (χ0n) is 8.70. The van der Waals surface area contributed by atoms with E-state index in [0.29, 0.717) is 0 Å². The van der Waals surface area contributed by atoms with Gasteiger partial charge in [0.25, 0.3) is 0 Å². The maximum atomic E-state index is 13.8. The lowest BCUT2D eigenvalue weighted by molar-refractivity contribution is 0.0215. The summed E-state index contributed by atoms with van der Waals surface area (Å²) in [5.41, 5.74) is 0. The van der Waals surface area contributed by atoms with Crippen molar-refractivity contribution in [2.45, 2.75) is 0 Å². The summed E-state index contributed by atoms with van der Waals surface area (Å²) in [6, 6.07) is 0. The minimum Gasteiger partial charge on any atom is -0.289 e. The van der Waals surface area contributed by atoms with Gasteiger partial charge in [-0.2, -0.15) is 4.20 Å². The quantitative estimate of drug-likeness (QED) is 0.531. The molecule has 1 aliphatic heterocycles. The van der Waals surface area contributed by atoms with Crippen molar-refractivity contribution in [3.63, 3.8) is 0 Å². The highest BCUT2D eigenvalue weighted by Gasteiger charge is 2.44. The van der Waals surface area contributed by atoms with Gasteiger partial charge in [-0.3, -0.25) is 4.84 Å². The van der Waals surface area contributed by atoms with E-state index in [2.05, 4.69) is 24.3 Å². The summed E-state index contributed by atoms with van der Waals surface area (Å²) >= 11 is 0.